The van der Waals surface area contributed by atoms with Crippen LogP contribution in [-0.4, -0.2) is 26.3 Å². The van der Waals surface area contributed by atoms with Crippen molar-refractivity contribution in [1.29, 1.82) is 0 Å². The quantitative estimate of drug-likeness (QED) is 0.612. The summed E-state index contributed by atoms with van der Waals surface area (Å²) in [7, 11) is 0. The summed E-state index contributed by atoms with van der Waals surface area (Å²) >= 11 is 0. The van der Waals surface area contributed by atoms with Crippen LogP contribution < -0.4 is 0 Å². The normalized spacial score (nSPS) is 10.5. The highest BCUT2D eigenvalue weighted by atomic mass is 16.4. The van der Waals surface area contributed by atoms with Gasteiger partial charge >= 0.3 is 11.9 Å². The summed E-state index contributed by atoms with van der Waals surface area (Å²) in [6, 6.07) is 0. The molecule has 6 nitrogen and oxygen atoms in total. The minimum absolute atomic E-state index is 0.280. The smallest absolute Gasteiger partial charge is 0.392 e. The maximum Gasteiger partial charge on any atom is 0.392 e. The van der Waals surface area contributed by atoms with Gasteiger partial charge in [0.1, 0.15) is 5.52 Å². The molecule has 0 saturated carbocycles. The fourth-order valence-electron chi connectivity index (χ4n) is 0.743. The maximum absolute atomic E-state index is 10.3. The van der Waals surface area contributed by atoms with Crippen molar-refractivity contribution in [2.75, 3.05) is 0 Å². The Hall–Kier alpha value is -1.85. The van der Waals surface area contributed by atoms with Crippen molar-refractivity contribution < 1.29 is 14.3 Å². The first-order valence-corrected chi connectivity index (χ1v) is 2.80. The van der Waals surface area contributed by atoms with E-state index in [4.69, 9.17) is 9.52 Å². The molecule has 0 bridgehead atoms. The van der Waals surface area contributed by atoms with Crippen LogP contribution in [0.3, 0.4) is 0 Å². The van der Waals surface area contributed by atoms with Crippen LogP contribution in [0.5, 0.6) is 0 Å². The lowest BCUT2D eigenvalue weighted by Gasteiger charge is -1.79. The molecule has 2 rings (SSSR count). The summed E-state index contributed by atoms with van der Waals surface area (Å²) in [4.78, 5) is 13.9. The predicted molar refractivity (Wildman–Crippen MR) is 33.1 cm³/mol. The summed E-state index contributed by atoms with van der Waals surface area (Å²) < 4.78 is 4.74. The van der Waals surface area contributed by atoms with E-state index in [1.54, 1.807) is 0 Å². The van der Waals surface area contributed by atoms with Crippen molar-refractivity contribution in [3.63, 3.8) is 0 Å². The van der Waals surface area contributed by atoms with Gasteiger partial charge in [0.25, 0.3) is 0 Å². The van der Waals surface area contributed by atoms with E-state index >= 15 is 0 Å². The summed E-state index contributed by atoms with van der Waals surface area (Å²) in [5.74, 6) is -1.51. The summed E-state index contributed by atoms with van der Waals surface area (Å²) in [5, 5.41) is 14.5. The molecule has 0 aliphatic rings. The number of hydrogen-bond acceptors (Lipinski definition) is 4. The van der Waals surface area contributed by atoms with Crippen LogP contribution in [0.1, 0.15) is 10.7 Å². The van der Waals surface area contributed by atoms with Gasteiger partial charge in [0.2, 0.25) is 5.71 Å². The van der Waals surface area contributed by atoms with Gasteiger partial charge in [-0.3, -0.25) is 0 Å². The van der Waals surface area contributed by atoms with Crippen LogP contribution in [0.4, 0.5) is 0 Å². The Kier molecular flexibility index (Phi) is 0.974. The predicted octanol–water partition coefficient (Wildman–Crippen LogP) is 0.249. The second-order valence-electron chi connectivity index (χ2n) is 1.91. The standard InChI is InChI=1S/C5H3N3O3/c9-5(10)4-7-2-1-6-8-3(2)11-4/h1H,(H,6,8)(H,9,10). The van der Waals surface area contributed by atoms with Gasteiger partial charge in [-0.05, 0) is 0 Å². The van der Waals surface area contributed by atoms with Crippen molar-refractivity contribution >= 4 is 17.2 Å². The number of aromatic carboxylic acids is 1. The molecule has 0 aromatic carbocycles. The van der Waals surface area contributed by atoms with Crippen LogP contribution in [0, 0.1) is 0 Å². The van der Waals surface area contributed by atoms with E-state index in [0.717, 1.165) is 0 Å². The SMILES string of the molecule is O=C(O)c1nc2cn[nH]c2o1. The van der Waals surface area contributed by atoms with Gasteiger partial charge < -0.3 is 9.52 Å². The second-order valence-corrected chi connectivity index (χ2v) is 1.91. The molecule has 11 heavy (non-hydrogen) atoms. The highest BCUT2D eigenvalue weighted by Crippen LogP contribution is 2.10. The lowest BCUT2D eigenvalue weighted by Crippen LogP contribution is -1.94. The molecule has 0 fully saturated rings. The number of aromatic nitrogens is 3. The third-order valence-corrected chi connectivity index (χ3v) is 1.19. The lowest BCUT2D eigenvalue weighted by molar-refractivity contribution is 0.0656. The van der Waals surface area contributed by atoms with Crippen molar-refractivity contribution in [3.8, 4) is 0 Å². The van der Waals surface area contributed by atoms with E-state index in [1.165, 1.54) is 6.20 Å². The molecule has 6 heteroatoms. The molecular weight excluding hydrogens is 150 g/mol. The minimum atomic E-state index is -1.19. The fourth-order valence-corrected chi connectivity index (χ4v) is 0.743. The zero-order chi connectivity index (χ0) is 7.84. The molecule has 0 unspecified atom stereocenters. The van der Waals surface area contributed by atoms with Crippen molar-refractivity contribution in [1.82, 2.24) is 15.2 Å². The molecule has 56 valence electrons. The van der Waals surface area contributed by atoms with Gasteiger partial charge in [-0.2, -0.15) is 10.1 Å². The van der Waals surface area contributed by atoms with E-state index in [-0.39, 0.29) is 11.6 Å². The first-order valence-electron chi connectivity index (χ1n) is 2.80. The van der Waals surface area contributed by atoms with Gasteiger partial charge in [-0.15, -0.1) is 0 Å². The molecule has 0 aliphatic carbocycles. The molecule has 2 aromatic heterocycles. The zero-order valence-corrected chi connectivity index (χ0v) is 5.24. The Labute approximate surface area is 59.8 Å². The summed E-state index contributed by atoms with van der Waals surface area (Å²) in [6.45, 7) is 0. The largest absolute Gasteiger partial charge is 0.474 e. The fraction of sp³-hybridized carbons (Fsp3) is 0. The van der Waals surface area contributed by atoms with Crippen molar-refractivity contribution in [3.05, 3.63) is 12.1 Å². The third-order valence-electron chi connectivity index (χ3n) is 1.19. The van der Waals surface area contributed by atoms with E-state index in [2.05, 4.69) is 15.2 Å². The number of nitrogens with zero attached hydrogens (tertiary/aromatic N) is 2. The number of carboxylic acids is 1. The van der Waals surface area contributed by atoms with Crippen LogP contribution >= 0.6 is 0 Å². The molecule has 0 amide bonds. The zero-order valence-electron chi connectivity index (χ0n) is 5.24. The van der Waals surface area contributed by atoms with Crippen LogP contribution in [0.2, 0.25) is 0 Å². The minimum Gasteiger partial charge on any atom is -0.474 e. The number of H-pyrrole nitrogens is 1. The average Bonchev–Trinajstić information content (AvgIpc) is 2.40. The Morgan fingerprint density at radius 3 is 3.18 bits per heavy atom. The number of oxazole rings is 1. The van der Waals surface area contributed by atoms with Crippen molar-refractivity contribution in [2.24, 2.45) is 0 Å². The van der Waals surface area contributed by atoms with E-state index in [1.807, 2.05) is 0 Å². The number of fused-ring (bicyclic) bond motifs is 1. The van der Waals surface area contributed by atoms with Crippen LogP contribution in [0.25, 0.3) is 11.2 Å². The highest BCUT2D eigenvalue weighted by molar-refractivity contribution is 5.85. The van der Waals surface area contributed by atoms with Crippen LogP contribution in [-0.2, 0) is 0 Å². The molecule has 0 aliphatic heterocycles. The number of aromatic amines is 1. The Morgan fingerprint density at radius 1 is 1.73 bits per heavy atom. The first kappa shape index (κ1) is 5.90. The van der Waals surface area contributed by atoms with Gasteiger partial charge in [0, 0.05) is 0 Å². The second kappa shape index (κ2) is 1.82. The third kappa shape index (κ3) is 0.759. The van der Waals surface area contributed by atoms with E-state index < -0.39 is 5.97 Å². The molecule has 0 spiro atoms. The topological polar surface area (TPSA) is 92.0 Å². The summed E-state index contributed by atoms with van der Waals surface area (Å²) in [6.07, 6.45) is 1.39. The number of hydrogen-bond donors (Lipinski definition) is 2. The molecule has 0 radical (unpaired) electrons. The van der Waals surface area contributed by atoms with E-state index in [9.17, 15) is 4.79 Å². The molecule has 0 saturated heterocycles. The Balaban J connectivity index is 2.67. The average molecular weight is 153 g/mol. The Morgan fingerprint density at radius 2 is 2.55 bits per heavy atom. The van der Waals surface area contributed by atoms with Gasteiger partial charge in [-0.25, -0.2) is 9.89 Å². The lowest BCUT2D eigenvalue weighted by atomic mass is 10.6. The number of carbonyl (C=O) groups is 1. The van der Waals surface area contributed by atoms with E-state index in [0.29, 0.717) is 5.52 Å². The van der Waals surface area contributed by atoms with Gasteiger partial charge in [0.15, 0.2) is 0 Å². The number of carboxylic acid groups (broad SMARTS) is 1. The maximum atomic E-state index is 10.3. The molecule has 0 atom stereocenters. The molecule has 2 aromatic rings. The van der Waals surface area contributed by atoms with Gasteiger partial charge in [-0.1, -0.05) is 0 Å². The Bertz CT molecular complexity index is 373. The van der Waals surface area contributed by atoms with Gasteiger partial charge in [0.05, 0.1) is 6.20 Å². The van der Waals surface area contributed by atoms with Crippen LogP contribution in [0.15, 0.2) is 10.6 Å². The monoisotopic (exact) mass is 153 g/mol. The first-order chi connectivity index (χ1) is 5.27. The molecule has 2 N–H and O–H groups in total. The summed E-state index contributed by atoms with van der Waals surface area (Å²) in [5.41, 5.74) is 0.699. The highest BCUT2D eigenvalue weighted by Gasteiger charge is 2.12. The number of nitrogens with one attached hydrogen (secondary N) is 1. The van der Waals surface area contributed by atoms with Crippen molar-refractivity contribution in [2.45, 2.75) is 0 Å². The molecular formula is C5H3N3O3. The number of rotatable bonds is 1. The molecule has 2 heterocycles.